The molecule has 0 saturated carbocycles. The molecule has 0 aromatic rings. The number of halogens is 1. The molecule has 0 aromatic heterocycles. The first-order valence-corrected chi connectivity index (χ1v) is 11.5. The molecule has 106 valence electrons. The highest BCUT2D eigenvalue weighted by Gasteiger charge is 2.16. The highest BCUT2D eigenvalue weighted by molar-refractivity contribution is 14.2. The fraction of sp³-hybridized carbons (Fsp3) is 0.667. The van der Waals surface area contributed by atoms with Gasteiger partial charge < -0.3 is 5.32 Å². The number of rotatable bonds is 10. The first-order chi connectivity index (χ1) is 8.43. The Morgan fingerprint density at radius 3 is 2.17 bits per heavy atom. The predicted octanol–water partition coefficient (Wildman–Crippen LogP) is 4.41. The van der Waals surface area contributed by atoms with E-state index in [0.717, 1.165) is 11.5 Å². The monoisotopic (exact) mass is 418 g/mol. The van der Waals surface area contributed by atoms with Crippen molar-refractivity contribution in [3.8, 4) is 0 Å². The maximum absolute atomic E-state index is 4.08. The largest absolute Gasteiger partial charge is 0.313 e. The van der Waals surface area contributed by atoms with Crippen molar-refractivity contribution in [2.24, 2.45) is 0 Å². The Morgan fingerprint density at radius 1 is 1.22 bits per heavy atom. The van der Waals surface area contributed by atoms with Gasteiger partial charge in [0.2, 0.25) is 0 Å². The summed E-state index contributed by atoms with van der Waals surface area (Å²) in [5, 5.41) is 3.28. The van der Waals surface area contributed by atoms with Gasteiger partial charge in [-0.05, 0) is 37.1 Å². The summed E-state index contributed by atoms with van der Waals surface area (Å²) in [5.41, 5.74) is 2.42. The third-order valence-electron chi connectivity index (χ3n) is 2.60. The first kappa shape index (κ1) is 19.2. The van der Waals surface area contributed by atoms with Crippen LogP contribution in [0.25, 0.3) is 0 Å². The Morgan fingerprint density at radius 2 is 1.78 bits per heavy atom. The summed E-state index contributed by atoms with van der Waals surface area (Å²) in [5.74, 6) is 2.12. The van der Waals surface area contributed by atoms with Gasteiger partial charge in [0.25, 0.3) is 0 Å². The number of nitrogens with one attached hydrogen (secondary N) is 1. The van der Waals surface area contributed by atoms with Crippen LogP contribution in [0.5, 0.6) is 0 Å². The first-order valence-electron chi connectivity index (χ1n) is 5.68. The van der Waals surface area contributed by atoms with E-state index in [4.69, 9.17) is 0 Å². The molecule has 2 nitrogen and oxygen atoms in total. The summed E-state index contributed by atoms with van der Waals surface area (Å²) in [6, 6.07) is 0.838. The predicted molar refractivity (Wildman–Crippen MR) is 101 cm³/mol. The summed E-state index contributed by atoms with van der Waals surface area (Å²) in [7, 11) is 9.65. The average Bonchev–Trinajstić information content (AvgIpc) is 2.32. The van der Waals surface area contributed by atoms with Crippen LogP contribution in [0, 0.1) is 0 Å². The van der Waals surface area contributed by atoms with Crippen LogP contribution in [-0.2, 0) is 0 Å². The van der Waals surface area contributed by atoms with Crippen molar-refractivity contribution in [1.29, 1.82) is 0 Å². The number of likely N-dealkylation sites (N-methyl/N-ethyl adjacent to an activating group) is 2. The van der Waals surface area contributed by atoms with Crippen LogP contribution in [0.1, 0.15) is 13.8 Å². The second-order valence-corrected chi connectivity index (χ2v) is 8.68. The van der Waals surface area contributed by atoms with Crippen LogP contribution in [0.3, 0.4) is 0 Å². The molecule has 0 saturated heterocycles. The quantitative estimate of drug-likeness (QED) is 0.185. The average molecular weight is 418 g/mol. The minimum atomic E-state index is 0.405. The summed E-state index contributed by atoms with van der Waals surface area (Å²) in [6.07, 6.45) is 0. The Balaban J connectivity index is 4.00. The van der Waals surface area contributed by atoms with Crippen molar-refractivity contribution in [2.45, 2.75) is 25.9 Å². The van der Waals surface area contributed by atoms with Crippen LogP contribution in [0.2, 0.25) is 0 Å². The Labute approximate surface area is 136 Å². The van der Waals surface area contributed by atoms with E-state index in [1.165, 1.54) is 11.1 Å². The van der Waals surface area contributed by atoms with Crippen LogP contribution in [0.4, 0.5) is 0 Å². The van der Waals surface area contributed by atoms with Crippen molar-refractivity contribution in [3.05, 3.63) is 24.3 Å². The van der Waals surface area contributed by atoms with E-state index in [-0.39, 0.29) is 0 Å². The summed E-state index contributed by atoms with van der Waals surface area (Å²) in [6.45, 7) is 12.2. The van der Waals surface area contributed by atoms with Crippen molar-refractivity contribution < 1.29 is 0 Å². The lowest BCUT2D eigenvalue weighted by atomic mass is 10.2. The zero-order valence-corrected chi connectivity index (χ0v) is 16.1. The molecule has 0 radical (unpaired) electrons. The van der Waals surface area contributed by atoms with Gasteiger partial charge in [0.15, 0.2) is 0 Å². The molecule has 6 heteroatoms. The van der Waals surface area contributed by atoms with Crippen LogP contribution in [0.15, 0.2) is 24.3 Å². The molecule has 0 heterocycles. The Bertz CT molecular complexity index is 274. The second kappa shape index (κ2) is 10.9. The summed E-state index contributed by atoms with van der Waals surface area (Å²) in [4.78, 5) is 0. The fourth-order valence-corrected chi connectivity index (χ4v) is 5.36. The van der Waals surface area contributed by atoms with Gasteiger partial charge in [-0.15, -0.1) is 0 Å². The van der Waals surface area contributed by atoms with E-state index in [2.05, 4.69) is 64.9 Å². The summed E-state index contributed by atoms with van der Waals surface area (Å²) >= 11 is 2.31. The number of hydrogen-bond donors (Lipinski definition) is 1. The lowest BCUT2D eigenvalue weighted by Crippen LogP contribution is -2.29. The second-order valence-electron chi connectivity index (χ2n) is 4.23. The third kappa shape index (κ3) is 7.69. The molecule has 0 spiro atoms. The van der Waals surface area contributed by atoms with Gasteiger partial charge in [0, 0.05) is 38.8 Å². The van der Waals surface area contributed by atoms with Gasteiger partial charge >= 0.3 is 0 Å². The topological polar surface area (TPSA) is 15.3 Å². The SMILES string of the molecule is C=C(C)[C@H](CSSC[C@@H](C(=C)C)N(C)SI)NC. The lowest BCUT2D eigenvalue weighted by molar-refractivity contribution is 0.502. The molecule has 0 aliphatic carbocycles. The maximum atomic E-state index is 4.08. The van der Waals surface area contributed by atoms with Crippen molar-refractivity contribution >= 4 is 51.9 Å². The highest BCUT2D eigenvalue weighted by Crippen LogP contribution is 2.30. The third-order valence-corrected chi connectivity index (χ3v) is 7.34. The molecule has 0 fully saturated rings. The Hall–Kier alpha value is 1.18. The number of nitrogens with zero attached hydrogens (tertiary/aromatic N) is 1. The van der Waals surface area contributed by atoms with Crippen molar-refractivity contribution in [2.75, 3.05) is 25.6 Å². The molecular formula is C12H23IN2S3. The van der Waals surface area contributed by atoms with Crippen molar-refractivity contribution in [3.63, 3.8) is 0 Å². The van der Waals surface area contributed by atoms with Crippen LogP contribution in [-0.4, -0.2) is 42.0 Å². The van der Waals surface area contributed by atoms with Gasteiger partial charge in [-0.3, -0.25) is 0 Å². The zero-order valence-electron chi connectivity index (χ0n) is 11.5. The Kier molecular flexibility index (Phi) is 11.6. The smallest absolute Gasteiger partial charge is 0.0509 e. The molecule has 0 aromatic carbocycles. The van der Waals surface area contributed by atoms with Crippen LogP contribution < -0.4 is 5.32 Å². The van der Waals surface area contributed by atoms with Gasteiger partial charge in [0.1, 0.15) is 0 Å². The molecule has 0 rings (SSSR count). The van der Waals surface area contributed by atoms with E-state index in [1.807, 2.05) is 28.6 Å². The maximum Gasteiger partial charge on any atom is 0.0509 e. The summed E-state index contributed by atoms with van der Waals surface area (Å²) < 4.78 is 2.25. The molecule has 1 N–H and O–H groups in total. The zero-order chi connectivity index (χ0) is 14.1. The minimum Gasteiger partial charge on any atom is -0.313 e. The molecule has 0 amide bonds. The van der Waals surface area contributed by atoms with E-state index in [0.29, 0.717) is 12.1 Å². The molecule has 0 bridgehead atoms. The molecule has 0 aliphatic rings. The van der Waals surface area contributed by atoms with Gasteiger partial charge in [-0.25, -0.2) is 4.31 Å². The van der Waals surface area contributed by atoms with E-state index in [1.54, 1.807) is 9.12 Å². The van der Waals surface area contributed by atoms with Gasteiger partial charge in [0.05, 0.1) is 6.04 Å². The standard InChI is InChI=1S/C12H23IN2S3/c1-9(2)11(14-5)7-16-17-8-12(10(3)4)15(6)18-13/h11-12,14H,1,3,7-8H2,2,4-6H3/t11-,12-/m0/s1. The van der Waals surface area contributed by atoms with E-state index < -0.39 is 0 Å². The van der Waals surface area contributed by atoms with Gasteiger partial charge in [-0.1, -0.05) is 45.9 Å². The van der Waals surface area contributed by atoms with E-state index >= 15 is 0 Å². The lowest BCUT2D eigenvalue weighted by Gasteiger charge is -2.25. The molecule has 2 atom stereocenters. The molecular weight excluding hydrogens is 395 g/mol. The highest BCUT2D eigenvalue weighted by atomic mass is 127. The van der Waals surface area contributed by atoms with Crippen molar-refractivity contribution in [1.82, 2.24) is 9.62 Å². The number of hydrogen-bond acceptors (Lipinski definition) is 5. The molecule has 0 aliphatic heterocycles. The molecule has 0 unspecified atom stereocenters. The van der Waals surface area contributed by atoms with Crippen LogP contribution >= 0.6 is 51.9 Å². The normalized spacial score (nSPS) is 14.6. The minimum absolute atomic E-state index is 0.405. The van der Waals surface area contributed by atoms with Gasteiger partial charge in [-0.2, -0.15) is 0 Å². The fourth-order valence-electron chi connectivity index (χ4n) is 1.31. The molecule has 18 heavy (non-hydrogen) atoms. The van der Waals surface area contributed by atoms with E-state index in [9.17, 15) is 0 Å².